The van der Waals surface area contributed by atoms with Gasteiger partial charge in [0, 0.05) is 37.9 Å². The molecule has 0 saturated heterocycles. The zero-order valence-corrected chi connectivity index (χ0v) is 12.5. The second-order valence-electron chi connectivity index (χ2n) is 4.97. The molecule has 1 N–H and O–H groups in total. The molecule has 0 bridgehead atoms. The largest absolute Gasteiger partial charge is 0.307 e. The van der Waals surface area contributed by atoms with Gasteiger partial charge in [0.15, 0.2) is 0 Å². The summed E-state index contributed by atoms with van der Waals surface area (Å²) >= 11 is 0. The highest BCUT2D eigenvalue weighted by atomic mass is 15.3. The molecule has 0 aromatic carbocycles. The van der Waals surface area contributed by atoms with E-state index in [1.165, 1.54) is 17.0 Å². The Morgan fingerprint density at radius 1 is 1.16 bits per heavy atom. The molecule has 104 valence electrons. The molecule has 0 aliphatic rings. The van der Waals surface area contributed by atoms with Crippen molar-refractivity contribution < 1.29 is 0 Å². The van der Waals surface area contributed by atoms with Gasteiger partial charge in [0.25, 0.3) is 0 Å². The minimum atomic E-state index is 0.836. The molecule has 0 aliphatic heterocycles. The summed E-state index contributed by atoms with van der Waals surface area (Å²) in [6.45, 7) is 10.9. The lowest BCUT2D eigenvalue weighted by atomic mass is 10.2. The molecule has 2 aromatic rings. The Balaban J connectivity index is 2.00. The summed E-state index contributed by atoms with van der Waals surface area (Å²) in [5, 5.41) is 12.4. The van der Waals surface area contributed by atoms with E-state index in [0.29, 0.717) is 0 Å². The zero-order chi connectivity index (χ0) is 14.0. The van der Waals surface area contributed by atoms with E-state index in [1.54, 1.807) is 0 Å². The number of nitrogens with one attached hydrogen (secondary N) is 1. The summed E-state index contributed by atoms with van der Waals surface area (Å²) in [5.41, 5.74) is 5.94. The second-order valence-corrected chi connectivity index (χ2v) is 4.97. The van der Waals surface area contributed by atoms with Crippen LogP contribution in [0.15, 0.2) is 6.07 Å². The molecule has 0 unspecified atom stereocenters. The highest BCUT2D eigenvalue weighted by Crippen LogP contribution is 2.11. The molecule has 2 heterocycles. The van der Waals surface area contributed by atoms with Gasteiger partial charge in [0.2, 0.25) is 0 Å². The maximum atomic E-state index is 4.45. The Bertz CT molecular complexity index is 565. The SMILES string of the molecule is CCn1nc(C)cc1CNCc1c(C)nn(C)c1C. The van der Waals surface area contributed by atoms with Crippen molar-refractivity contribution in [2.75, 3.05) is 0 Å². The quantitative estimate of drug-likeness (QED) is 0.893. The van der Waals surface area contributed by atoms with Crippen molar-refractivity contribution in [2.45, 2.75) is 47.3 Å². The molecule has 2 rings (SSSR count). The van der Waals surface area contributed by atoms with Gasteiger partial charge < -0.3 is 5.32 Å². The van der Waals surface area contributed by atoms with Crippen molar-refractivity contribution >= 4 is 0 Å². The summed E-state index contributed by atoms with van der Waals surface area (Å²) in [6.07, 6.45) is 0. The van der Waals surface area contributed by atoms with E-state index < -0.39 is 0 Å². The number of nitrogens with zero attached hydrogens (tertiary/aromatic N) is 4. The van der Waals surface area contributed by atoms with Crippen LogP contribution in [-0.4, -0.2) is 19.6 Å². The second kappa shape index (κ2) is 5.57. The lowest BCUT2D eigenvalue weighted by Gasteiger charge is -2.07. The molecule has 0 aliphatic carbocycles. The molecular formula is C14H23N5. The first-order valence-corrected chi connectivity index (χ1v) is 6.76. The molecule has 2 aromatic heterocycles. The van der Waals surface area contributed by atoms with Crippen molar-refractivity contribution in [1.82, 2.24) is 24.9 Å². The topological polar surface area (TPSA) is 47.7 Å². The minimum absolute atomic E-state index is 0.836. The van der Waals surface area contributed by atoms with Crippen molar-refractivity contribution in [3.63, 3.8) is 0 Å². The Morgan fingerprint density at radius 2 is 1.89 bits per heavy atom. The molecule has 0 spiro atoms. The van der Waals surface area contributed by atoms with Crippen molar-refractivity contribution in [3.8, 4) is 0 Å². The van der Waals surface area contributed by atoms with Crippen LogP contribution in [0, 0.1) is 20.8 Å². The first kappa shape index (κ1) is 13.8. The van der Waals surface area contributed by atoms with Gasteiger partial charge in [0.05, 0.1) is 17.1 Å². The van der Waals surface area contributed by atoms with Crippen LogP contribution in [0.4, 0.5) is 0 Å². The van der Waals surface area contributed by atoms with Crippen LogP contribution in [0.25, 0.3) is 0 Å². The fraction of sp³-hybridized carbons (Fsp3) is 0.571. The van der Waals surface area contributed by atoms with E-state index >= 15 is 0 Å². The van der Waals surface area contributed by atoms with Gasteiger partial charge in [-0.25, -0.2) is 0 Å². The van der Waals surface area contributed by atoms with Crippen LogP contribution in [0.2, 0.25) is 0 Å². The summed E-state index contributed by atoms with van der Waals surface area (Å²) in [4.78, 5) is 0. The van der Waals surface area contributed by atoms with E-state index in [9.17, 15) is 0 Å². The van der Waals surface area contributed by atoms with Gasteiger partial charge in [0.1, 0.15) is 0 Å². The van der Waals surface area contributed by atoms with Gasteiger partial charge in [-0.15, -0.1) is 0 Å². The average Bonchev–Trinajstić information content (AvgIpc) is 2.84. The van der Waals surface area contributed by atoms with E-state index in [-0.39, 0.29) is 0 Å². The first-order valence-electron chi connectivity index (χ1n) is 6.76. The molecular weight excluding hydrogens is 238 g/mol. The number of aryl methyl sites for hydroxylation is 4. The van der Waals surface area contributed by atoms with Crippen molar-refractivity contribution in [1.29, 1.82) is 0 Å². The summed E-state index contributed by atoms with van der Waals surface area (Å²) in [6, 6.07) is 2.14. The van der Waals surface area contributed by atoms with E-state index in [4.69, 9.17) is 0 Å². The number of hydrogen-bond donors (Lipinski definition) is 1. The Labute approximate surface area is 114 Å². The summed E-state index contributed by atoms with van der Waals surface area (Å²) in [7, 11) is 1.99. The predicted octanol–water partition coefficient (Wildman–Crippen LogP) is 1.85. The van der Waals surface area contributed by atoms with Crippen LogP contribution < -0.4 is 5.32 Å². The highest BCUT2D eigenvalue weighted by molar-refractivity contribution is 5.24. The van der Waals surface area contributed by atoms with Gasteiger partial charge in [-0.2, -0.15) is 10.2 Å². The lowest BCUT2D eigenvalue weighted by Crippen LogP contribution is -2.17. The fourth-order valence-electron chi connectivity index (χ4n) is 2.40. The fourth-order valence-corrected chi connectivity index (χ4v) is 2.40. The molecule has 0 atom stereocenters. The van der Waals surface area contributed by atoms with Gasteiger partial charge in [-0.05, 0) is 33.8 Å². The van der Waals surface area contributed by atoms with Crippen LogP contribution in [-0.2, 0) is 26.7 Å². The van der Waals surface area contributed by atoms with Crippen molar-refractivity contribution in [3.05, 3.63) is 34.4 Å². The third-order valence-corrected chi connectivity index (χ3v) is 3.55. The molecule has 5 heteroatoms. The highest BCUT2D eigenvalue weighted by Gasteiger charge is 2.09. The van der Waals surface area contributed by atoms with Gasteiger partial charge >= 0.3 is 0 Å². The van der Waals surface area contributed by atoms with Crippen LogP contribution >= 0.6 is 0 Å². The maximum Gasteiger partial charge on any atom is 0.0641 e. The maximum absolute atomic E-state index is 4.45. The van der Waals surface area contributed by atoms with Crippen LogP contribution in [0.3, 0.4) is 0 Å². The van der Waals surface area contributed by atoms with Crippen LogP contribution in [0.1, 0.15) is 35.3 Å². The summed E-state index contributed by atoms with van der Waals surface area (Å²) in [5.74, 6) is 0. The average molecular weight is 261 g/mol. The van der Waals surface area contributed by atoms with E-state index in [0.717, 1.165) is 31.0 Å². The third kappa shape index (κ3) is 2.87. The van der Waals surface area contributed by atoms with E-state index in [1.807, 2.05) is 23.3 Å². The molecule has 5 nitrogen and oxygen atoms in total. The first-order chi connectivity index (χ1) is 9.02. The summed E-state index contributed by atoms with van der Waals surface area (Å²) < 4.78 is 3.98. The number of rotatable bonds is 5. The van der Waals surface area contributed by atoms with Crippen LogP contribution in [0.5, 0.6) is 0 Å². The Hall–Kier alpha value is -1.62. The molecule has 19 heavy (non-hydrogen) atoms. The Kier molecular flexibility index (Phi) is 4.04. The molecule has 0 amide bonds. The zero-order valence-electron chi connectivity index (χ0n) is 12.5. The van der Waals surface area contributed by atoms with E-state index in [2.05, 4.69) is 42.4 Å². The molecule has 0 radical (unpaired) electrons. The predicted molar refractivity (Wildman–Crippen MR) is 75.9 cm³/mol. The minimum Gasteiger partial charge on any atom is -0.307 e. The molecule has 0 saturated carbocycles. The van der Waals surface area contributed by atoms with Gasteiger partial charge in [-0.3, -0.25) is 9.36 Å². The standard InChI is InChI=1S/C14H23N5/c1-6-19-13(7-10(2)16-19)8-15-9-14-11(3)17-18(5)12(14)4/h7,15H,6,8-9H2,1-5H3. The number of aromatic nitrogens is 4. The monoisotopic (exact) mass is 261 g/mol. The smallest absolute Gasteiger partial charge is 0.0641 e. The van der Waals surface area contributed by atoms with Crippen molar-refractivity contribution in [2.24, 2.45) is 7.05 Å². The third-order valence-electron chi connectivity index (χ3n) is 3.55. The number of hydrogen-bond acceptors (Lipinski definition) is 3. The lowest BCUT2D eigenvalue weighted by molar-refractivity contribution is 0.578. The Morgan fingerprint density at radius 3 is 2.47 bits per heavy atom. The normalized spacial score (nSPS) is 11.2. The van der Waals surface area contributed by atoms with Gasteiger partial charge in [-0.1, -0.05) is 0 Å². The molecule has 0 fully saturated rings.